The Morgan fingerprint density at radius 1 is 1.38 bits per heavy atom. The zero-order valence-electron chi connectivity index (χ0n) is 8.74. The van der Waals surface area contributed by atoms with E-state index in [9.17, 15) is 4.39 Å². The molecule has 1 saturated heterocycles. The zero-order valence-corrected chi connectivity index (χ0v) is 9.49. The summed E-state index contributed by atoms with van der Waals surface area (Å²) in [4.78, 5) is 2.03. The van der Waals surface area contributed by atoms with Gasteiger partial charge < -0.3 is 10.0 Å². The van der Waals surface area contributed by atoms with Gasteiger partial charge in [-0.25, -0.2) is 4.39 Å². The number of aliphatic hydroxyl groups is 1. The van der Waals surface area contributed by atoms with E-state index in [-0.39, 0.29) is 12.4 Å². The van der Waals surface area contributed by atoms with E-state index in [0.717, 1.165) is 13.1 Å². The second kappa shape index (κ2) is 3.60. The van der Waals surface area contributed by atoms with E-state index in [1.165, 1.54) is 6.07 Å². The van der Waals surface area contributed by atoms with Crippen LogP contribution in [0.1, 0.15) is 0 Å². The van der Waals surface area contributed by atoms with Crippen LogP contribution >= 0.6 is 11.6 Å². The van der Waals surface area contributed by atoms with Gasteiger partial charge in [0.2, 0.25) is 0 Å². The molecule has 0 spiro atoms. The lowest BCUT2D eigenvalue weighted by atomic mass is 10.2. The van der Waals surface area contributed by atoms with Crippen molar-refractivity contribution in [2.24, 2.45) is 17.8 Å². The first-order valence-corrected chi connectivity index (χ1v) is 5.89. The Morgan fingerprint density at radius 2 is 2.06 bits per heavy atom. The van der Waals surface area contributed by atoms with Crippen molar-refractivity contribution < 1.29 is 9.50 Å². The van der Waals surface area contributed by atoms with Crippen molar-refractivity contribution in [3.8, 4) is 0 Å². The maximum atomic E-state index is 13.6. The third-order valence-corrected chi connectivity index (χ3v) is 4.07. The molecule has 1 saturated carbocycles. The number of nitrogens with zero attached hydrogens (tertiary/aromatic N) is 1. The molecule has 2 atom stereocenters. The molecule has 1 aromatic carbocycles. The number of rotatable bonds is 2. The first-order chi connectivity index (χ1) is 7.70. The van der Waals surface area contributed by atoms with Crippen molar-refractivity contribution >= 4 is 17.3 Å². The van der Waals surface area contributed by atoms with Crippen LogP contribution in [0.25, 0.3) is 0 Å². The molecule has 0 aromatic heterocycles. The van der Waals surface area contributed by atoms with Crippen LogP contribution < -0.4 is 4.90 Å². The predicted octanol–water partition coefficient (Wildman–Crippen LogP) is 2.15. The van der Waals surface area contributed by atoms with Gasteiger partial charge >= 0.3 is 0 Å². The SMILES string of the molecule is OCC1C2CN(c3cc(Cl)ccc3F)CC12. The first-order valence-electron chi connectivity index (χ1n) is 5.51. The largest absolute Gasteiger partial charge is 0.396 e. The molecular weight excluding hydrogens is 229 g/mol. The number of benzene rings is 1. The van der Waals surface area contributed by atoms with E-state index in [2.05, 4.69) is 0 Å². The molecule has 1 aliphatic heterocycles. The van der Waals surface area contributed by atoms with Crippen LogP contribution in [0.3, 0.4) is 0 Å². The summed E-state index contributed by atoms with van der Waals surface area (Å²) in [7, 11) is 0. The highest BCUT2D eigenvalue weighted by atomic mass is 35.5. The van der Waals surface area contributed by atoms with Crippen molar-refractivity contribution in [3.05, 3.63) is 29.0 Å². The minimum atomic E-state index is -0.216. The van der Waals surface area contributed by atoms with E-state index < -0.39 is 0 Å². The van der Waals surface area contributed by atoms with Gasteiger partial charge in [-0.05, 0) is 36.0 Å². The Bertz CT molecular complexity index is 413. The molecular formula is C12H13ClFNO. The summed E-state index contributed by atoms with van der Waals surface area (Å²) in [5.74, 6) is 1.32. The van der Waals surface area contributed by atoms with Gasteiger partial charge in [0.15, 0.2) is 0 Å². The van der Waals surface area contributed by atoms with E-state index in [4.69, 9.17) is 16.7 Å². The van der Waals surface area contributed by atoms with Crippen molar-refractivity contribution in [2.45, 2.75) is 0 Å². The number of hydrogen-bond donors (Lipinski definition) is 1. The standard InChI is InChI=1S/C12H13ClFNO/c13-7-1-2-11(14)12(3-7)15-4-8-9(5-15)10(8)6-16/h1-3,8-10,16H,4-6H2. The number of halogens is 2. The molecule has 1 aliphatic carbocycles. The summed E-state index contributed by atoms with van der Waals surface area (Å²) in [6.07, 6.45) is 0. The third kappa shape index (κ3) is 1.50. The molecule has 0 amide bonds. The Kier molecular flexibility index (Phi) is 2.33. The van der Waals surface area contributed by atoms with Crippen molar-refractivity contribution in [3.63, 3.8) is 0 Å². The number of fused-ring (bicyclic) bond motifs is 1. The molecule has 3 rings (SSSR count). The van der Waals surface area contributed by atoms with E-state index >= 15 is 0 Å². The van der Waals surface area contributed by atoms with Crippen LogP contribution in [0.15, 0.2) is 18.2 Å². The summed E-state index contributed by atoms with van der Waals surface area (Å²) in [6.45, 7) is 1.95. The van der Waals surface area contributed by atoms with Gasteiger partial charge in [0.05, 0.1) is 5.69 Å². The first kappa shape index (κ1) is 10.4. The molecule has 1 aromatic rings. The van der Waals surface area contributed by atoms with Crippen LogP contribution in [0.5, 0.6) is 0 Å². The van der Waals surface area contributed by atoms with E-state index in [0.29, 0.717) is 28.5 Å². The molecule has 2 aliphatic rings. The smallest absolute Gasteiger partial charge is 0.146 e. The summed E-state index contributed by atoms with van der Waals surface area (Å²) in [5, 5.41) is 9.62. The summed E-state index contributed by atoms with van der Waals surface area (Å²) >= 11 is 5.87. The number of anilines is 1. The number of hydrogen-bond acceptors (Lipinski definition) is 2. The predicted molar refractivity (Wildman–Crippen MR) is 61.2 cm³/mol. The highest BCUT2D eigenvalue weighted by Gasteiger charge is 2.55. The molecule has 86 valence electrons. The summed E-state index contributed by atoms with van der Waals surface area (Å²) < 4.78 is 13.6. The fourth-order valence-electron chi connectivity index (χ4n) is 2.85. The Labute approximate surface area is 98.6 Å². The molecule has 1 heterocycles. The van der Waals surface area contributed by atoms with Gasteiger partial charge in [-0.1, -0.05) is 11.6 Å². The van der Waals surface area contributed by atoms with E-state index in [1.54, 1.807) is 12.1 Å². The number of aliphatic hydroxyl groups excluding tert-OH is 1. The second-order valence-corrected chi connectivity index (χ2v) is 5.11. The minimum Gasteiger partial charge on any atom is -0.396 e. The molecule has 2 fully saturated rings. The second-order valence-electron chi connectivity index (χ2n) is 4.67. The lowest BCUT2D eigenvalue weighted by Gasteiger charge is -2.22. The lowest BCUT2D eigenvalue weighted by molar-refractivity contribution is 0.260. The maximum absolute atomic E-state index is 13.6. The van der Waals surface area contributed by atoms with Crippen LogP contribution in [0.4, 0.5) is 10.1 Å². The molecule has 16 heavy (non-hydrogen) atoms. The average molecular weight is 242 g/mol. The molecule has 2 nitrogen and oxygen atoms in total. The maximum Gasteiger partial charge on any atom is 0.146 e. The number of piperidine rings is 1. The molecule has 0 radical (unpaired) electrons. The van der Waals surface area contributed by atoms with Crippen LogP contribution in [-0.2, 0) is 0 Å². The van der Waals surface area contributed by atoms with Gasteiger partial charge in [0, 0.05) is 24.7 Å². The summed E-state index contributed by atoms with van der Waals surface area (Å²) in [6, 6.07) is 4.65. The van der Waals surface area contributed by atoms with Gasteiger partial charge in [-0.2, -0.15) is 0 Å². The quantitative estimate of drug-likeness (QED) is 0.858. The highest BCUT2D eigenvalue weighted by Crippen LogP contribution is 2.52. The summed E-state index contributed by atoms with van der Waals surface area (Å²) in [5.41, 5.74) is 0.594. The van der Waals surface area contributed by atoms with Crippen LogP contribution in [-0.4, -0.2) is 24.8 Å². The van der Waals surface area contributed by atoms with Crippen LogP contribution in [0.2, 0.25) is 5.02 Å². The van der Waals surface area contributed by atoms with Crippen molar-refractivity contribution in [1.82, 2.24) is 0 Å². The van der Waals surface area contributed by atoms with Gasteiger partial charge in [-0.3, -0.25) is 0 Å². The van der Waals surface area contributed by atoms with Gasteiger partial charge in [0.25, 0.3) is 0 Å². The molecule has 1 N–H and O–H groups in total. The molecule has 2 unspecified atom stereocenters. The molecule has 0 bridgehead atoms. The third-order valence-electron chi connectivity index (χ3n) is 3.83. The fraction of sp³-hybridized carbons (Fsp3) is 0.500. The van der Waals surface area contributed by atoms with E-state index in [1.807, 2.05) is 4.90 Å². The average Bonchev–Trinajstić information content (AvgIpc) is 2.74. The minimum absolute atomic E-state index is 0.216. The zero-order chi connectivity index (χ0) is 11.3. The Hall–Kier alpha value is -0.800. The topological polar surface area (TPSA) is 23.5 Å². The monoisotopic (exact) mass is 241 g/mol. The fourth-order valence-corrected chi connectivity index (χ4v) is 3.01. The Morgan fingerprint density at radius 3 is 2.69 bits per heavy atom. The van der Waals surface area contributed by atoms with Crippen molar-refractivity contribution in [2.75, 3.05) is 24.6 Å². The van der Waals surface area contributed by atoms with Crippen LogP contribution in [0, 0.1) is 23.6 Å². The van der Waals surface area contributed by atoms with Crippen molar-refractivity contribution in [1.29, 1.82) is 0 Å². The van der Waals surface area contributed by atoms with Gasteiger partial charge in [0.1, 0.15) is 5.82 Å². The Balaban J connectivity index is 1.78. The van der Waals surface area contributed by atoms with Gasteiger partial charge in [-0.15, -0.1) is 0 Å². The molecule has 4 heteroatoms. The normalized spacial score (nSPS) is 31.7. The lowest BCUT2D eigenvalue weighted by Crippen LogP contribution is -2.25. The highest BCUT2D eigenvalue weighted by molar-refractivity contribution is 6.30.